The Balaban J connectivity index is 1.55. The van der Waals surface area contributed by atoms with Gasteiger partial charge in [0.05, 0.1) is 6.54 Å². The van der Waals surface area contributed by atoms with E-state index < -0.39 is 11.5 Å². The molecule has 10 nitrogen and oxygen atoms in total. The molecule has 0 aliphatic heterocycles. The van der Waals surface area contributed by atoms with Crippen LogP contribution in [0.25, 0.3) is 22.5 Å². The van der Waals surface area contributed by atoms with Crippen molar-refractivity contribution in [1.82, 2.24) is 35.1 Å². The van der Waals surface area contributed by atoms with Crippen LogP contribution in [-0.4, -0.2) is 53.9 Å². The highest BCUT2D eigenvalue weighted by Gasteiger charge is 2.30. The molecule has 0 aliphatic carbocycles. The topological polar surface area (TPSA) is 137 Å². The maximum Gasteiger partial charge on any atom is 0.267 e. The van der Waals surface area contributed by atoms with Gasteiger partial charge in [-0.2, -0.15) is 0 Å². The predicted octanol–water partition coefficient (Wildman–Crippen LogP) is 3.14. The van der Waals surface area contributed by atoms with Crippen molar-refractivity contribution in [3.05, 3.63) is 71.3 Å². The highest BCUT2D eigenvalue weighted by Crippen LogP contribution is 2.27. The Bertz CT molecular complexity index is 1370. The molecule has 0 fully saturated rings. The smallest absolute Gasteiger partial charge is 0.267 e. The highest BCUT2D eigenvalue weighted by atomic mass is 16.3. The fourth-order valence-electron chi connectivity index (χ4n) is 4.48. The quantitative estimate of drug-likeness (QED) is 0.246. The Kier molecular flexibility index (Phi) is 8.33. The third-order valence-electron chi connectivity index (χ3n) is 6.39. The van der Waals surface area contributed by atoms with Gasteiger partial charge >= 0.3 is 0 Å². The van der Waals surface area contributed by atoms with Crippen molar-refractivity contribution in [1.29, 1.82) is 0 Å². The summed E-state index contributed by atoms with van der Waals surface area (Å²) in [4.78, 5) is 17.0. The number of carbonyl (C=O) groups excluding carboxylic acids is 1. The van der Waals surface area contributed by atoms with E-state index in [2.05, 4.69) is 63.9 Å². The number of imidazole rings is 1. The summed E-state index contributed by atoms with van der Waals surface area (Å²) in [6.07, 6.45) is 1.54. The molecule has 0 aliphatic rings. The first kappa shape index (κ1) is 27.2. The molecular weight excluding hydrogens is 480 g/mol. The van der Waals surface area contributed by atoms with E-state index in [1.165, 1.54) is 0 Å². The van der Waals surface area contributed by atoms with Crippen molar-refractivity contribution in [2.45, 2.75) is 59.2 Å². The van der Waals surface area contributed by atoms with Gasteiger partial charge in [-0.15, -0.1) is 5.10 Å². The Morgan fingerprint density at radius 2 is 1.66 bits per heavy atom. The van der Waals surface area contributed by atoms with Crippen molar-refractivity contribution in [2.75, 3.05) is 13.1 Å². The Morgan fingerprint density at radius 1 is 1.03 bits per heavy atom. The molecule has 4 aromatic rings. The molecule has 4 rings (SSSR count). The fourth-order valence-corrected chi connectivity index (χ4v) is 4.48. The van der Waals surface area contributed by atoms with Crippen LogP contribution < -0.4 is 11.1 Å². The molecule has 0 saturated carbocycles. The number of rotatable bonds is 12. The number of amides is 1. The van der Waals surface area contributed by atoms with E-state index in [4.69, 9.17) is 5.73 Å². The van der Waals surface area contributed by atoms with E-state index in [0.29, 0.717) is 25.2 Å². The number of nitrogens with zero attached hydrogens (tertiary/aromatic N) is 6. The largest absolute Gasteiger partial charge is 0.384 e. The average molecular weight is 517 g/mol. The number of nitrogens with two attached hydrogens (primary N) is 1. The van der Waals surface area contributed by atoms with Crippen molar-refractivity contribution in [3.8, 4) is 22.5 Å². The van der Waals surface area contributed by atoms with Crippen LogP contribution in [0.5, 0.6) is 0 Å². The van der Waals surface area contributed by atoms with Gasteiger partial charge < -0.3 is 20.7 Å². The minimum absolute atomic E-state index is 0.258. The second kappa shape index (κ2) is 11.7. The summed E-state index contributed by atoms with van der Waals surface area (Å²) in [5.41, 5.74) is 9.14. The van der Waals surface area contributed by atoms with Gasteiger partial charge in [0.15, 0.2) is 5.82 Å². The number of aryl methyl sites for hydroxylation is 1. The van der Waals surface area contributed by atoms with Crippen LogP contribution >= 0.6 is 0 Å². The zero-order valence-electron chi connectivity index (χ0n) is 22.5. The molecule has 0 unspecified atom stereocenters. The predicted molar refractivity (Wildman–Crippen MR) is 146 cm³/mol. The summed E-state index contributed by atoms with van der Waals surface area (Å²) in [5.74, 6) is 0.885. The lowest BCUT2D eigenvalue weighted by atomic mass is 10.0. The van der Waals surface area contributed by atoms with Gasteiger partial charge in [-0.05, 0) is 53.9 Å². The zero-order chi connectivity index (χ0) is 27.3. The standard InChI is InChI=1S/C28H36N8O2/c1-5-7-23-31-25(28(3,4)38)24(26(29)37)35(23)18-19-8-10-20(11-9-19)21-12-14-22(15-13-21)27-32-33-34-36(27)17-16-30-6-2/h8-15,30,38H,5-7,16-18H2,1-4H3,(H2,29,37). The summed E-state index contributed by atoms with van der Waals surface area (Å²) >= 11 is 0. The Hall–Kier alpha value is -3.89. The molecule has 0 atom stereocenters. The lowest BCUT2D eigenvalue weighted by molar-refractivity contribution is 0.0711. The SMILES string of the molecule is CCCc1nc(C(C)(C)O)c(C(N)=O)n1Cc1ccc(-c2ccc(-c3nnnn3CCNCC)cc2)cc1. The summed E-state index contributed by atoms with van der Waals surface area (Å²) in [5, 5.41) is 26.0. The number of primary amides is 1. The summed E-state index contributed by atoms with van der Waals surface area (Å²) in [6.45, 7) is 10.2. The summed E-state index contributed by atoms with van der Waals surface area (Å²) in [7, 11) is 0. The summed E-state index contributed by atoms with van der Waals surface area (Å²) < 4.78 is 3.64. The normalized spacial score (nSPS) is 11.7. The first-order valence-corrected chi connectivity index (χ1v) is 13.0. The summed E-state index contributed by atoms with van der Waals surface area (Å²) in [6, 6.07) is 16.4. The number of aliphatic hydroxyl groups is 1. The first-order valence-electron chi connectivity index (χ1n) is 13.0. The first-order chi connectivity index (χ1) is 18.2. The molecule has 4 N–H and O–H groups in total. The van der Waals surface area contributed by atoms with Crippen LogP contribution in [0.3, 0.4) is 0 Å². The molecule has 0 spiro atoms. The second-order valence-corrected chi connectivity index (χ2v) is 9.84. The van der Waals surface area contributed by atoms with E-state index >= 15 is 0 Å². The molecule has 0 radical (unpaired) electrons. The van der Waals surface area contributed by atoms with Crippen LogP contribution in [0, 0.1) is 0 Å². The number of nitrogens with one attached hydrogen (secondary N) is 1. The average Bonchev–Trinajstić information content (AvgIpc) is 3.50. The lowest BCUT2D eigenvalue weighted by Crippen LogP contribution is -2.25. The number of hydrogen-bond donors (Lipinski definition) is 3. The van der Waals surface area contributed by atoms with Crippen LogP contribution in [-0.2, 0) is 25.1 Å². The maximum atomic E-state index is 12.4. The third-order valence-corrected chi connectivity index (χ3v) is 6.39. The van der Waals surface area contributed by atoms with Crippen molar-refractivity contribution < 1.29 is 9.90 Å². The second-order valence-electron chi connectivity index (χ2n) is 9.84. The van der Waals surface area contributed by atoms with E-state index in [9.17, 15) is 9.90 Å². The van der Waals surface area contributed by atoms with Crippen molar-refractivity contribution in [2.24, 2.45) is 5.73 Å². The maximum absolute atomic E-state index is 12.4. The minimum atomic E-state index is -1.27. The van der Waals surface area contributed by atoms with Crippen molar-refractivity contribution in [3.63, 3.8) is 0 Å². The van der Waals surface area contributed by atoms with Gasteiger partial charge in [-0.25, -0.2) is 9.67 Å². The van der Waals surface area contributed by atoms with Gasteiger partial charge in [0.1, 0.15) is 22.8 Å². The number of aromatic nitrogens is 6. The van der Waals surface area contributed by atoms with E-state index in [1.54, 1.807) is 18.5 Å². The number of hydrogen-bond acceptors (Lipinski definition) is 7. The van der Waals surface area contributed by atoms with Crippen LogP contribution in [0.1, 0.15) is 61.7 Å². The lowest BCUT2D eigenvalue weighted by Gasteiger charge is -2.16. The van der Waals surface area contributed by atoms with Gasteiger partial charge in [0.2, 0.25) is 0 Å². The van der Waals surface area contributed by atoms with Crippen LogP contribution in [0.4, 0.5) is 0 Å². The molecule has 2 aromatic carbocycles. The molecule has 200 valence electrons. The van der Waals surface area contributed by atoms with Gasteiger partial charge in [0, 0.05) is 25.1 Å². The molecular formula is C28H36N8O2. The number of benzene rings is 2. The van der Waals surface area contributed by atoms with Crippen molar-refractivity contribution >= 4 is 5.91 Å². The molecule has 0 bridgehead atoms. The molecule has 2 aromatic heterocycles. The fraction of sp³-hybridized carbons (Fsp3) is 0.393. The van der Waals surface area contributed by atoms with Crippen LogP contribution in [0.2, 0.25) is 0 Å². The third kappa shape index (κ3) is 5.98. The van der Waals surface area contributed by atoms with E-state index in [-0.39, 0.29) is 5.69 Å². The molecule has 2 heterocycles. The highest BCUT2D eigenvalue weighted by molar-refractivity contribution is 5.92. The molecule has 10 heteroatoms. The number of tetrazole rings is 1. The zero-order valence-corrected chi connectivity index (χ0v) is 22.5. The van der Waals surface area contributed by atoms with Gasteiger partial charge in [-0.1, -0.05) is 62.4 Å². The Morgan fingerprint density at radius 3 is 2.24 bits per heavy atom. The monoisotopic (exact) mass is 516 g/mol. The van der Waals surface area contributed by atoms with E-state index in [0.717, 1.165) is 53.4 Å². The molecule has 1 amide bonds. The minimum Gasteiger partial charge on any atom is -0.384 e. The number of carbonyl (C=O) groups is 1. The van der Waals surface area contributed by atoms with E-state index in [1.807, 2.05) is 28.8 Å². The van der Waals surface area contributed by atoms with Gasteiger partial charge in [0.25, 0.3) is 5.91 Å². The number of likely N-dealkylation sites (N-methyl/N-ethyl adjacent to an activating group) is 1. The molecule has 0 saturated heterocycles. The molecule has 38 heavy (non-hydrogen) atoms. The van der Waals surface area contributed by atoms with Crippen LogP contribution in [0.15, 0.2) is 48.5 Å². The van der Waals surface area contributed by atoms with Gasteiger partial charge in [-0.3, -0.25) is 4.79 Å². The Labute approximate surface area is 222 Å².